The van der Waals surface area contributed by atoms with Gasteiger partial charge in [-0.05, 0) is 37.4 Å². The van der Waals surface area contributed by atoms with E-state index in [1.54, 1.807) is 0 Å². The summed E-state index contributed by atoms with van der Waals surface area (Å²) in [5, 5.41) is 0.0832. The van der Waals surface area contributed by atoms with Gasteiger partial charge >= 0.3 is 18.5 Å². The van der Waals surface area contributed by atoms with Crippen molar-refractivity contribution >= 4 is 14.5 Å². The Labute approximate surface area is 168 Å². The second-order valence-corrected chi connectivity index (χ2v) is 13.0. The van der Waals surface area contributed by atoms with Crippen LogP contribution in [-0.4, -0.2) is 45.6 Å². The fourth-order valence-electron chi connectivity index (χ4n) is 1.96. The molecule has 4 nitrogen and oxygen atoms in total. The molecule has 0 bridgehead atoms. The van der Waals surface area contributed by atoms with Crippen molar-refractivity contribution in [1.82, 2.24) is 0 Å². The minimum Gasteiger partial charge on any atom is -0.427 e. The molecular formula is C18H30F6O4Si. The highest BCUT2D eigenvalue weighted by Crippen LogP contribution is 2.37. The normalized spacial score (nSPS) is 14.6. The monoisotopic (exact) mass is 452 g/mol. The summed E-state index contributed by atoms with van der Waals surface area (Å²) in [7, 11) is -1.85. The van der Waals surface area contributed by atoms with Crippen LogP contribution in [-0.2, 0) is 13.9 Å². The average molecular weight is 453 g/mol. The number of rotatable bonds is 10. The van der Waals surface area contributed by atoms with E-state index in [9.17, 15) is 31.1 Å². The van der Waals surface area contributed by atoms with Gasteiger partial charge in [-0.3, -0.25) is 0 Å². The molecule has 11 heteroatoms. The summed E-state index contributed by atoms with van der Waals surface area (Å²) in [5.74, 6) is 0. The van der Waals surface area contributed by atoms with Gasteiger partial charge in [-0.1, -0.05) is 39.8 Å². The van der Waals surface area contributed by atoms with E-state index in [4.69, 9.17) is 4.43 Å². The second-order valence-electron chi connectivity index (χ2n) is 8.18. The molecule has 0 saturated carbocycles. The molecule has 0 radical (unpaired) electrons. The first kappa shape index (κ1) is 27.8. The van der Waals surface area contributed by atoms with E-state index in [1.165, 1.54) is 0 Å². The van der Waals surface area contributed by atoms with Gasteiger partial charge in [0, 0.05) is 6.61 Å². The van der Waals surface area contributed by atoms with Crippen molar-refractivity contribution in [3.63, 3.8) is 0 Å². The van der Waals surface area contributed by atoms with Crippen molar-refractivity contribution in [2.24, 2.45) is 0 Å². The first-order valence-electron chi connectivity index (χ1n) is 9.19. The van der Waals surface area contributed by atoms with Gasteiger partial charge in [0.25, 0.3) is 6.10 Å². The molecule has 0 saturated heterocycles. The molecule has 0 amide bonds. The first-order valence-corrected chi connectivity index (χ1v) is 12.1. The van der Waals surface area contributed by atoms with Gasteiger partial charge in [0.15, 0.2) is 8.32 Å². The molecule has 0 rings (SSSR count). The highest BCUT2D eigenvalue weighted by Gasteiger charge is 2.60. The Balaban J connectivity index is 4.38. The Hall–Kier alpha value is -1.23. The van der Waals surface area contributed by atoms with Crippen molar-refractivity contribution < 1.29 is 45.0 Å². The Morgan fingerprint density at radius 2 is 1.48 bits per heavy atom. The third-order valence-electron chi connectivity index (χ3n) is 4.72. The lowest BCUT2D eigenvalue weighted by molar-refractivity contribution is -0.310. The van der Waals surface area contributed by atoms with Crippen molar-refractivity contribution in [2.45, 2.75) is 89.1 Å². The molecule has 0 heterocycles. The van der Waals surface area contributed by atoms with Crippen LogP contribution in [0.5, 0.6) is 0 Å². The van der Waals surface area contributed by atoms with Crippen LogP contribution in [0.4, 0.5) is 31.1 Å². The molecule has 0 aromatic carbocycles. The first-order chi connectivity index (χ1) is 12.9. The van der Waals surface area contributed by atoms with Crippen molar-refractivity contribution in [2.75, 3.05) is 6.61 Å². The maximum Gasteiger partial charge on any atom is 0.509 e. The molecule has 0 aliphatic carbocycles. The second kappa shape index (κ2) is 10.7. The van der Waals surface area contributed by atoms with Gasteiger partial charge in [0.05, 0.1) is 0 Å². The van der Waals surface area contributed by atoms with Gasteiger partial charge < -0.3 is 13.9 Å². The van der Waals surface area contributed by atoms with Gasteiger partial charge in [0.1, 0.15) is 6.10 Å². The maximum atomic E-state index is 12.4. The van der Waals surface area contributed by atoms with Crippen LogP contribution in [0, 0.1) is 0 Å². The molecule has 0 spiro atoms. The predicted molar refractivity (Wildman–Crippen MR) is 99.1 cm³/mol. The number of unbranched alkanes of at least 4 members (excludes halogenated alkanes) is 2. The van der Waals surface area contributed by atoms with E-state index in [-0.39, 0.29) is 11.5 Å². The standard InChI is InChI=1S/C18H30F6O4Si/c1-7-13(11-9-8-10-12-26-29(5,6)16(2,3)4)27-15(25)28-14(17(19,20)21)18(22,23)24/h7,13-14H,1,8-12H2,2-6H3/t13-/m1/s1. The van der Waals surface area contributed by atoms with Crippen molar-refractivity contribution in [3.05, 3.63) is 12.7 Å². The molecule has 0 fully saturated rings. The summed E-state index contributed by atoms with van der Waals surface area (Å²) in [6, 6.07) is 0. The number of alkyl halides is 6. The Morgan fingerprint density at radius 3 is 1.90 bits per heavy atom. The van der Waals surface area contributed by atoms with Crippen LogP contribution < -0.4 is 0 Å². The molecule has 1 atom stereocenters. The SMILES string of the molecule is C=C[C@H](CCCCCO[Si](C)(C)C(C)(C)C)OC(=O)OC(C(F)(F)F)C(F)(F)F. The van der Waals surface area contributed by atoms with E-state index < -0.39 is 39.0 Å². The zero-order chi connectivity index (χ0) is 23.1. The molecule has 0 N–H and O–H groups in total. The largest absolute Gasteiger partial charge is 0.509 e. The van der Waals surface area contributed by atoms with Crippen molar-refractivity contribution in [1.29, 1.82) is 0 Å². The van der Waals surface area contributed by atoms with E-state index >= 15 is 0 Å². The predicted octanol–water partition coefficient (Wildman–Crippen LogP) is 6.77. The zero-order valence-corrected chi connectivity index (χ0v) is 18.4. The van der Waals surface area contributed by atoms with Crippen LogP contribution >= 0.6 is 0 Å². The molecule has 0 unspecified atom stereocenters. The fraction of sp³-hybridized carbons (Fsp3) is 0.833. The lowest BCUT2D eigenvalue weighted by Gasteiger charge is -2.36. The molecule has 0 aromatic rings. The number of hydrogen-bond acceptors (Lipinski definition) is 4. The summed E-state index contributed by atoms with van der Waals surface area (Å²) in [4.78, 5) is 11.3. The highest BCUT2D eigenvalue weighted by atomic mass is 28.4. The Bertz CT molecular complexity index is 512. The lowest BCUT2D eigenvalue weighted by Crippen LogP contribution is -2.46. The quantitative estimate of drug-likeness (QED) is 0.121. The molecule has 0 aliphatic heterocycles. The van der Waals surface area contributed by atoms with Gasteiger partial charge in [0.2, 0.25) is 0 Å². The number of halogens is 6. The summed E-state index contributed by atoms with van der Waals surface area (Å²) in [5.41, 5.74) is 0. The lowest BCUT2D eigenvalue weighted by atomic mass is 10.1. The zero-order valence-electron chi connectivity index (χ0n) is 17.4. The van der Waals surface area contributed by atoms with Gasteiger partial charge in [-0.25, -0.2) is 4.79 Å². The average Bonchev–Trinajstić information content (AvgIpc) is 2.51. The molecule has 0 aromatic heterocycles. The van der Waals surface area contributed by atoms with E-state index in [2.05, 4.69) is 49.9 Å². The van der Waals surface area contributed by atoms with Crippen LogP contribution in [0.3, 0.4) is 0 Å². The van der Waals surface area contributed by atoms with E-state index in [1.807, 2.05) is 0 Å². The third kappa shape index (κ3) is 10.4. The minimum atomic E-state index is -5.79. The van der Waals surface area contributed by atoms with Crippen LogP contribution in [0.25, 0.3) is 0 Å². The summed E-state index contributed by atoms with van der Waals surface area (Å²) < 4.78 is 88.3. The smallest absolute Gasteiger partial charge is 0.427 e. The van der Waals surface area contributed by atoms with Crippen LogP contribution in [0.2, 0.25) is 18.1 Å². The summed E-state index contributed by atoms with van der Waals surface area (Å²) in [6.07, 6.45) is -15.6. The topological polar surface area (TPSA) is 44.8 Å². The maximum absolute atomic E-state index is 12.4. The van der Waals surface area contributed by atoms with Crippen LogP contribution in [0.15, 0.2) is 12.7 Å². The number of carbonyl (C=O) groups is 1. The Morgan fingerprint density at radius 1 is 0.966 bits per heavy atom. The molecule has 29 heavy (non-hydrogen) atoms. The van der Waals surface area contributed by atoms with Crippen LogP contribution in [0.1, 0.15) is 46.5 Å². The minimum absolute atomic E-state index is 0.0832. The summed E-state index contributed by atoms with van der Waals surface area (Å²) in [6.45, 7) is 14.5. The fourth-order valence-corrected chi connectivity index (χ4v) is 3.05. The summed E-state index contributed by atoms with van der Waals surface area (Å²) >= 11 is 0. The van der Waals surface area contributed by atoms with E-state index in [0.29, 0.717) is 19.4 Å². The van der Waals surface area contributed by atoms with Gasteiger partial charge in [-0.15, -0.1) is 0 Å². The molecule has 0 aliphatic rings. The van der Waals surface area contributed by atoms with Gasteiger partial charge in [-0.2, -0.15) is 26.3 Å². The number of ether oxygens (including phenoxy) is 2. The molecule has 172 valence electrons. The van der Waals surface area contributed by atoms with Crippen molar-refractivity contribution in [3.8, 4) is 0 Å². The molecular weight excluding hydrogens is 422 g/mol. The third-order valence-corrected chi connectivity index (χ3v) is 9.26. The van der Waals surface area contributed by atoms with E-state index in [0.717, 1.165) is 12.5 Å². The number of hydrogen-bond donors (Lipinski definition) is 0. The number of carbonyl (C=O) groups excluding carboxylic acids is 1. The highest BCUT2D eigenvalue weighted by molar-refractivity contribution is 6.74. The Kier molecular flexibility index (Phi) is 10.2.